The zero-order chi connectivity index (χ0) is 16.7. The van der Waals surface area contributed by atoms with Crippen molar-refractivity contribution < 1.29 is 14.3 Å². The number of carbonyl (C=O) groups is 1. The van der Waals surface area contributed by atoms with Gasteiger partial charge in [0.05, 0.1) is 24.8 Å². The van der Waals surface area contributed by atoms with Gasteiger partial charge in [0.15, 0.2) is 17.3 Å². The van der Waals surface area contributed by atoms with E-state index in [4.69, 9.17) is 21.1 Å². The monoisotopic (exact) mass is 348 g/mol. The lowest BCUT2D eigenvalue weighted by atomic mass is 10.1. The predicted molar refractivity (Wildman–Crippen MR) is 86.6 cm³/mol. The number of carbonyl (C=O) groups excluding carboxylic acids is 1. The number of halogens is 1. The van der Waals surface area contributed by atoms with Crippen molar-refractivity contribution >= 4 is 17.5 Å². The molecule has 1 aromatic heterocycles. The summed E-state index contributed by atoms with van der Waals surface area (Å²) in [7, 11) is 0. The third-order valence-corrected chi connectivity index (χ3v) is 4.56. The van der Waals surface area contributed by atoms with Gasteiger partial charge in [-0.15, -0.1) is 10.2 Å². The summed E-state index contributed by atoms with van der Waals surface area (Å²) in [5.41, 5.74) is 0.494. The van der Waals surface area contributed by atoms with Gasteiger partial charge in [-0.3, -0.25) is 4.79 Å². The highest BCUT2D eigenvalue weighted by Crippen LogP contribution is 2.38. The number of nitrogens with zero attached hydrogens (tertiary/aromatic N) is 4. The molecule has 0 fully saturated rings. The molecule has 24 heavy (non-hydrogen) atoms. The van der Waals surface area contributed by atoms with Crippen molar-refractivity contribution in [2.45, 2.75) is 26.4 Å². The molecule has 0 saturated carbocycles. The first-order valence-corrected chi connectivity index (χ1v) is 8.28. The van der Waals surface area contributed by atoms with Crippen LogP contribution in [0.2, 0.25) is 5.02 Å². The van der Waals surface area contributed by atoms with Gasteiger partial charge in [0, 0.05) is 25.1 Å². The van der Waals surface area contributed by atoms with E-state index in [2.05, 4.69) is 10.2 Å². The standard InChI is InChI=1S/C16H17ClN4O3/c1-10-18-19-14-9-20(3-4-21(10)14)16(22)11-7-12(17)15-13(8-11)23-5-2-6-24-15/h7-8H,2-6,9H2,1H3. The lowest BCUT2D eigenvalue weighted by Gasteiger charge is -2.28. The molecule has 7 nitrogen and oxygen atoms in total. The van der Waals surface area contributed by atoms with Gasteiger partial charge in [-0.2, -0.15) is 0 Å². The number of aromatic nitrogens is 3. The Labute approximate surface area is 144 Å². The zero-order valence-electron chi connectivity index (χ0n) is 13.3. The van der Waals surface area contributed by atoms with Crippen LogP contribution in [0, 0.1) is 6.92 Å². The molecule has 1 aromatic carbocycles. The lowest BCUT2D eigenvalue weighted by Crippen LogP contribution is -2.38. The summed E-state index contributed by atoms with van der Waals surface area (Å²) in [6, 6.07) is 3.35. The van der Waals surface area contributed by atoms with Crippen molar-refractivity contribution in [1.82, 2.24) is 19.7 Å². The fraction of sp³-hybridized carbons (Fsp3) is 0.438. The maximum absolute atomic E-state index is 12.9. The predicted octanol–water partition coefficient (Wildman–Crippen LogP) is 2.06. The van der Waals surface area contributed by atoms with Crippen molar-refractivity contribution in [3.63, 3.8) is 0 Å². The minimum atomic E-state index is -0.0977. The number of fused-ring (bicyclic) bond motifs is 2. The fourth-order valence-electron chi connectivity index (χ4n) is 3.01. The number of benzene rings is 1. The van der Waals surface area contributed by atoms with Gasteiger partial charge in [0.1, 0.15) is 5.82 Å². The molecule has 2 aliphatic heterocycles. The van der Waals surface area contributed by atoms with Crippen LogP contribution in [-0.4, -0.2) is 45.3 Å². The van der Waals surface area contributed by atoms with Crippen LogP contribution in [0.3, 0.4) is 0 Å². The molecule has 0 bridgehead atoms. The Morgan fingerprint density at radius 2 is 2.04 bits per heavy atom. The third-order valence-electron chi connectivity index (χ3n) is 4.27. The van der Waals surface area contributed by atoms with Crippen LogP contribution in [0.4, 0.5) is 0 Å². The number of amides is 1. The molecule has 0 unspecified atom stereocenters. The second kappa shape index (κ2) is 5.98. The summed E-state index contributed by atoms with van der Waals surface area (Å²) in [4.78, 5) is 14.6. The minimum absolute atomic E-state index is 0.0977. The van der Waals surface area contributed by atoms with Crippen molar-refractivity contribution in [2.24, 2.45) is 0 Å². The number of hydrogen-bond donors (Lipinski definition) is 0. The maximum atomic E-state index is 12.9. The van der Waals surface area contributed by atoms with Crippen LogP contribution < -0.4 is 9.47 Å². The molecule has 2 aliphatic rings. The van der Waals surface area contributed by atoms with Crippen LogP contribution in [-0.2, 0) is 13.1 Å². The molecule has 8 heteroatoms. The van der Waals surface area contributed by atoms with E-state index in [1.807, 2.05) is 11.5 Å². The number of ether oxygens (including phenoxy) is 2. The van der Waals surface area contributed by atoms with Crippen LogP contribution in [0.25, 0.3) is 0 Å². The average Bonchev–Trinajstić information content (AvgIpc) is 2.81. The van der Waals surface area contributed by atoms with E-state index in [1.54, 1.807) is 17.0 Å². The molecular formula is C16H17ClN4O3. The zero-order valence-corrected chi connectivity index (χ0v) is 14.0. The smallest absolute Gasteiger partial charge is 0.254 e. The Morgan fingerprint density at radius 1 is 1.21 bits per heavy atom. The molecule has 0 radical (unpaired) electrons. The summed E-state index contributed by atoms with van der Waals surface area (Å²) < 4.78 is 13.3. The molecular weight excluding hydrogens is 332 g/mol. The summed E-state index contributed by atoms with van der Waals surface area (Å²) in [5.74, 6) is 2.61. The second-order valence-electron chi connectivity index (χ2n) is 5.88. The van der Waals surface area contributed by atoms with Crippen molar-refractivity contribution in [1.29, 1.82) is 0 Å². The normalized spacial score (nSPS) is 16.5. The average molecular weight is 349 g/mol. The third kappa shape index (κ3) is 2.58. The molecule has 2 aromatic rings. The van der Waals surface area contributed by atoms with Gasteiger partial charge in [-0.25, -0.2) is 0 Å². The van der Waals surface area contributed by atoms with Crippen molar-refractivity contribution in [3.8, 4) is 11.5 Å². The topological polar surface area (TPSA) is 69.5 Å². The van der Waals surface area contributed by atoms with Crippen LogP contribution >= 0.6 is 11.6 Å². The highest BCUT2D eigenvalue weighted by atomic mass is 35.5. The second-order valence-corrected chi connectivity index (χ2v) is 6.28. The number of rotatable bonds is 1. The molecule has 0 atom stereocenters. The fourth-order valence-corrected chi connectivity index (χ4v) is 3.28. The van der Waals surface area contributed by atoms with E-state index in [0.717, 1.165) is 18.1 Å². The van der Waals surface area contributed by atoms with Gasteiger partial charge < -0.3 is 18.9 Å². The number of hydrogen-bond acceptors (Lipinski definition) is 5. The minimum Gasteiger partial charge on any atom is -0.489 e. The van der Waals surface area contributed by atoms with Crippen LogP contribution in [0.1, 0.15) is 28.4 Å². The first-order valence-electron chi connectivity index (χ1n) is 7.90. The summed E-state index contributed by atoms with van der Waals surface area (Å²) >= 11 is 6.29. The Bertz CT molecular complexity index is 805. The van der Waals surface area contributed by atoms with Crippen molar-refractivity contribution in [2.75, 3.05) is 19.8 Å². The quantitative estimate of drug-likeness (QED) is 0.789. The largest absolute Gasteiger partial charge is 0.489 e. The summed E-state index contributed by atoms with van der Waals surface area (Å²) in [6.07, 6.45) is 0.787. The van der Waals surface area contributed by atoms with Gasteiger partial charge >= 0.3 is 0 Å². The lowest BCUT2D eigenvalue weighted by molar-refractivity contribution is 0.0706. The highest BCUT2D eigenvalue weighted by Gasteiger charge is 2.26. The van der Waals surface area contributed by atoms with E-state index in [-0.39, 0.29) is 5.91 Å². The van der Waals surface area contributed by atoms with Gasteiger partial charge in [0.2, 0.25) is 0 Å². The summed E-state index contributed by atoms with van der Waals surface area (Å²) in [6.45, 7) is 4.76. The maximum Gasteiger partial charge on any atom is 0.254 e. The van der Waals surface area contributed by atoms with E-state index < -0.39 is 0 Å². The molecule has 4 rings (SSSR count). The molecule has 126 valence electrons. The van der Waals surface area contributed by atoms with E-state index in [1.165, 1.54) is 0 Å². The van der Waals surface area contributed by atoms with Gasteiger partial charge in [0.25, 0.3) is 5.91 Å². The Hall–Kier alpha value is -2.28. The van der Waals surface area contributed by atoms with Gasteiger partial charge in [-0.05, 0) is 19.1 Å². The van der Waals surface area contributed by atoms with Crippen LogP contribution in [0.5, 0.6) is 11.5 Å². The highest BCUT2D eigenvalue weighted by molar-refractivity contribution is 6.32. The first-order chi connectivity index (χ1) is 11.6. The molecule has 0 N–H and O–H groups in total. The first kappa shape index (κ1) is 15.3. The Morgan fingerprint density at radius 3 is 2.92 bits per heavy atom. The molecule has 1 amide bonds. The molecule has 0 aliphatic carbocycles. The Balaban J connectivity index is 1.61. The van der Waals surface area contributed by atoms with E-state index >= 15 is 0 Å². The van der Waals surface area contributed by atoms with Crippen LogP contribution in [0.15, 0.2) is 12.1 Å². The molecule has 0 saturated heterocycles. The molecule has 3 heterocycles. The summed E-state index contributed by atoms with van der Waals surface area (Å²) in [5, 5.41) is 8.59. The van der Waals surface area contributed by atoms with Gasteiger partial charge in [-0.1, -0.05) is 11.6 Å². The van der Waals surface area contributed by atoms with E-state index in [0.29, 0.717) is 54.9 Å². The molecule has 0 spiro atoms. The number of aryl methyl sites for hydroxylation is 1. The SMILES string of the molecule is Cc1nnc2n1CCN(C(=O)c1cc(Cl)c3c(c1)OCCCO3)C2. The van der Waals surface area contributed by atoms with E-state index in [9.17, 15) is 4.79 Å². The van der Waals surface area contributed by atoms with Crippen molar-refractivity contribution in [3.05, 3.63) is 34.4 Å². The Kier molecular flexibility index (Phi) is 3.80.